The summed E-state index contributed by atoms with van der Waals surface area (Å²) < 4.78 is 10.8. The summed E-state index contributed by atoms with van der Waals surface area (Å²) in [7, 11) is 0. The molecule has 1 atom stereocenters. The first kappa shape index (κ1) is 15.6. The quantitative estimate of drug-likeness (QED) is 0.828. The van der Waals surface area contributed by atoms with Crippen LogP contribution in [0.15, 0.2) is 12.3 Å². The Kier molecular flexibility index (Phi) is 4.67. The van der Waals surface area contributed by atoms with Gasteiger partial charge in [-0.05, 0) is 39.7 Å². The van der Waals surface area contributed by atoms with Gasteiger partial charge < -0.3 is 20.5 Å². The highest BCUT2D eigenvalue weighted by Gasteiger charge is 2.29. The smallest absolute Gasteiger partial charge is 0.341 e. The molecule has 1 aliphatic heterocycles. The van der Waals surface area contributed by atoms with Crippen molar-refractivity contribution in [1.29, 1.82) is 0 Å². The predicted octanol–water partition coefficient (Wildman–Crippen LogP) is 2.21. The van der Waals surface area contributed by atoms with Crippen LogP contribution >= 0.6 is 0 Å². The molecule has 21 heavy (non-hydrogen) atoms. The molecule has 0 bridgehead atoms. The Bertz CT molecular complexity index is 517. The molecular weight excluding hydrogens is 270 g/mol. The largest absolute Gasteiger partial charge is 0.462 e. The summed E-state index contributed by atoms with van der Waals surface area (Å²) in [4.78, 5) is 16.2. The summed E-state index contributed by atoms with van der Waals surface area (Å²) >= 11 is 0. The molecule has 2 heterocycles. The van der Waals surface area contributed by atoms with E-state index in [9.17, 15) is 4.79 Å². The first-order valence-electron chi connectivity index (χ1n) is 7.24. The fourth-order valence-corrected chi connectivity index (χ4v) is 2.51. The van der Waals surface area contributed by atoms with Crippen molar-refractivity contribution in [1.82, 2.24) is 4.98 Å². The van der Waals surface area contributed by atoms with Crippen molar-refractivity contribution in [2.45, 2.75) is 45.3 Å². The van der Waals surface area contributed by atoms with E-state index < -0.39 is 5.97 Å². The third kappa shape index (κ3) is 4.07. The maximum absolute atomic E-state index is 12.0. The number of ether oxygens (including phenoxy) is 2. The first-order valence-corrected chi connectivity index (χ1v) is 7.24. The number of anilines is 2. The van der Waals surface area contributed by atoms with Crippen LogP contribution in [-0.4, -0.2) is 35.8 Å². The van der Waals surface area contributed by atoms with E-state index in [0.717, 1.165) is 12.8 Å². The molecule has 0 radical (unpaired) electrons. The molecular formula is C15H23N3O3. The third-order valence-electron chi connectivity index (χ3n) is 3.44. The van der Waals surface area contributed by atoms with Gasteiger partial charge in [-0.2, -0.15) is 0 Å². The Balaban J connectivity index is 2.17. The molecule has 1 aromatic rings. The molecule has 0 aliphatic carbocycles. The number of carbonyl (C=O) groups excluding carboxylic acids is 1. The Morgan fingerprint density at radius 3 is 3.05 bits per heavy atom. The molecule has 0 spiro atoms. The van der Waals surface area contributed by atoms with Crippen LogP contribution in [0.3, 0.4) is 0 Å². The van der Waals surface area contributed by atoms with Crippen LogP contribution in [0.2, 0.25) is 0 Å². The van der Waals surface area contributed by atoms with Gasteiger partial charge in [0, 0.05) is 12.6 Å². The molecule has 6 heteroatoms. The molecule has 1 aliphatic rings. The lowest BCUT2D eigenvalue weighted by atomic mass is 9.94. The second-order valence-electron chi connectivity index (χ2n) is 5.83. The number of pyridine rings is 1. The van der Waals surface area contributed by atoms with Gasteiger partial charge in [0.25, 0.3) is 0 Å². The van der Waals surface area contributed by atoms with Gasteiger partial charge in [0.2, 0.25) is 0 Å². The fraction of sp³-hybridized carbons (Fsp3) is 0.600. The lowest BCUT2D eigenvalue weighted by Crippen LogP contribution is -2.40. The lowest BCUT2D eigenvalue weighted by Gasteiger charge is -2.36. The van der Waals surface area contributed by atoms with Crippen LogP contribution in [0.4, 0.5) is 11.5 Å². The highest BCUT2D eigenvalue weighted by atomic mass is 16.5. The number of nitrogens with two attached hydrogens (primary N) is 1. The standard InChI is InChI=1S/C15H23N3O3/c1-4-20-14(19)12-7-10(16)9-17-13(12)18-11-5-6-21-15(2,3)8-11/h7,9,11H,4-6,8,16H2,1-3H3,(H,17,18). The number of nitrogens with zero attached hydrogens (tertiary/aromatic N) is 1. The molecule has 3 N–H and O–H groups in total. The van der Waals surface area contributed by atoms with Gasteiger partial charge in [-0.3, -0.25) is 0 Å². The predicted molar refractivity (Wildman–Crippen MR) is 81.3 cm³/mol. The zero-order chi connectivity index (χ0) is 15.5. The average molecular weight is 293 g/mol. The van der Waals surface area contributed by atoms with Crippen molar-refractivity contribution < 1.29 is 14.3 Å². The summed E-state index contributed by atoms with van der Waals surface area (Å²) in [5.41, 5.74) is 6.36. The molecule has 1 aromatic heterocycles. The maximum atomic E-state index is 12.0. The van der Waals surface area contributed by atoms with E-state index in [0.29, 0.717) is 30.3 Å². The minimum Gasteiger partial charge on any atom is -0.462 e. The molecule has 6 nitrogen and oxygen atoms in total. The molecule has 0 amide bonds. The van der Waals surface area contributed by atoms with Crippen molar-refractivity contribution in [2.75, 3.05) is 24.3 Å². The number of rotatable bonds is 4. The molecule has 2 rings (SSSR count). The zero-order valence-corrected chi connectivity index (χ0v) is 12.8. The van der Waals surface area contributed by atoms with Gasteiger partial charge in [0.1, 0.15) is 11.4 Å². The maximum Gasteiger partial charge on any atom is 0.341 e. The van der Waals surface area contributed by atoms with Crippen LogP contribution in [0, 0.1) is 0 Å². The molecule has 116 valence electrons. The monoisotopic (exact) mass is 293 g/mol. The van der Waals surface area contributed by atoms with E-state index in [2.05, 4.69) is 24.1 Å². The normalized spacial score (nSPS) is 20.8. The van der Waals surface area contributed by atoms with Gasteiger partial charge in [0.15, 0.2) is 0 Å². The second-order valence-corrected chi connectivity index (χ2v) is 5.83. The molecule has 1 unspecified atom stereocenters. The SMILES string of the molecule is CCOC(=O)c1cc(N)cnc1NC1CCOC(C)(C)C1. The van der Waals surface area contributed by atoms with Crippen molar-refractivity contribution in [3.05, 3.63) is 17.8 Å². The Morgan fingerprint density at radius 1 is 1.62 bits per heavy atom. The van der Waals surface area contributed by atoms with Crippen molar-refractivity contribution in [2.24, 2.45) is 0 Å². The summed E-state index contributed by atoms with van der Waals surface area (Å²) in [5.74, 6) is 0.108. The van der Waals surface area contributed by atoms with E-state index in [1.807, 2.05) is 0 Å². The van der Waals surface area contributed by atoms with Crippen molar-refractivity contribution in [3.8, 4) is 0 Å². The second kappa shape index (κ2) is 6.30. The number of hydrogen-bond acceptors (Lipinski definition) is 6. The number of hydrogen-bond donors (Lipinski definition) is 2. The van der Waals surface area contributed by atoms with Crippen LogP contribution < -0.4 is 11.1 Å². The Labute approximate surface area is 125 Å². The van der Waals surface area contributed by atoms with Gasteiger partial charge in [-0.1, -0.05) is 0 Å². The first-order chi connectivity index (χ1) is 9.91. The summed E-state index contributed by atoms with van der Waals surface area (Å²) in [6.45, 7) is 6.89. The van der Waals surface area contributed by atoms with Crippen LogP contribution in [0.1, 0.15) is 44.0 Å². The number of nitrogens with one attached hydrogen (secondary N) is 1. The number of aromatic nitrogens is 1. The minimum absolute atomic E-state index is 0.173. The van der Waals surface area contributed by atoms with Crippen LogP contribution in [0.25, 0.3) is 0 Å². The summed E-state index contributed by atoms with van der Waals surface area (Å²) in [5, 5.41) is 3.32. The van der Waals surface area contributed by atoms with Gasteiger partial charge in [0.05, 0.1) is 24.1 Å². The van der Waals surface area contributed by atoms with Crippen LogP contribution in [0.5, 0.6) is 0 Å². The average Bonchev–Trinajstić information content (AvgIpc) is 2.40. The third-order valence-corrected chi connectivity index (χ3v) is 3.44. The number of esters is 1. The zero-order valence-electron chi connectivity index (χ0n) is 12.8. The minimum atomic E-state index is -0.411. The highest BCUT2D eigenvalue weighted by molar-refractivity contribution is 5.95. The molecule has 0 aromatic carbocycles. The summed E-state index contributed by atoms with van der Waals surface area (Å²) in [6.07, 6.45) is 3.26. The Hall–Kier alpha value is -1.82. The topological polar surface area (TPSA) is 86.5 Å². The highest BCUT2D eigenvalue weighted by Crippen LogP contribution is 2.27. The van der Waals surface area contributed by atoms with Gasteiger partial charge in [-0.25, -0.2) is 9.78 Å². The van der Waals surface area contributed by atoms with Crippen molar-refractivity contribution >= 4 is 17.5 Å². The molecule has 0 saturated carbocycles. The number of nitrogen functional groups attached to an aromatic ring is 1. The van der Waals surface area contributed by atoms with Crippen molar-refractivity contribution in [3.63, 3.8) is 0 Å². The number of carbonyl (C=O) groups is 1. The summed E-state index contributed by atoms with van der Waals surface area (Å²) in [6, 6.07) is 1.80. The Morgan fingerprint density at radius 2 is 2.38 bits per heavy atom. The lowest BCUT2D eigenvalue weighted by molar-refractivity contribution is -0.0553. The van der Waals surface area contributed by atoms with Crippen LogP contribution in [-0.2, 0) is 9.47 Å². The fourth-order valence-electron chi connectivity index (χ4n) is 2.51. The van der Waals surface area contributed by atoms with E-state index >= 15 is 0 Å². The van der Waals surface area contributed by atoms with E-state index in [4.69, 9.17) is 15.2 Å². The van der Waals surface area contributed by atoms with E-state index in [1.54, 1.807) is 13.0 Å². The molecule has 1 saturated heterocycles. The van der Waals surface area contributed by atoms with Gasteiger partial charge in [-0.15, -0.1) is 0 Å². The van der Waals surface area contributed by atoms with E-state index in [1.165, 1.54) is 6.20 Å². The van der Waals surface area contributed by atoms with Gasteiger partial charge >= 0.3 is 5.97 Å². The molecule has 1 fully saturated rings. The van der Waals surface area contributed by atoms with E-state index in [-0.39, 0.29) is 11.6 Å².